The Balaban J connectivity index is 1.82. The highest BCUT2D eigenvalue weighted by atomic mass is 19.3. The van der Waals surface area contributed by atoms with Crippen LogP contribution in [0.1, 0.15) is 37.7 Å². The molecule has 138 valence electrons. The first kappa shape index (κ1) is 18.3. The summed E-state index contributed by atoms with van der Waals surface area (Å²) in [6, 6.07) is 8.48. The number of alkyl halides is 2. The van der Waals surface area contributed by atoms with E-state index in [2.05, 4.69) is 10.2 Å². The Morgan fingerprint density at radius 2 is 1.88 bits per heavy atom. The zero-order chi connectivity index (χ0) is 18.1. The van der Waals surface area contributed by atoms with Crippen LogP contribution in [0.5, 0.6) is 0 Å². The Morgan fingerprint density at radius 1 is 1.24 bits per heavy atom. The fourth-order valence-electron chi connectivity index (χ4n) is 4.00. The van der Waals surface area contributed by atoms with Gasteiger partial charge in [0.1, 0.15) is 0 Å². The van der Waals surface area contributed by atoms with E-state index >= 15 is 0 Å². The van der Waals surface area contributed by atoms with E-state index in [1.54, 1.807) is 30.3 Å². The van der Waals surface area contributed by atoms with Gasteiger partial charge in [0.2, 0.25) is 5.92 Å². The largest absolute Gasteiger partial charge is 0.375 e. The summed E-state index contributed by atoms with van der Waals surface area (Å²) in [5.74, 6) is -4.14. The number of benzene rings is 1. The van der Waals surface area contributed by atoms with Crippen molar-refractivity contribution in [3.05, 3.63) is 35.9 Å². The summed E-state index contributed by atoms with van der Waals surface area (Å²) < 4.78 is 27.5. The predicted molar refractivity (Wildman–Crippen MR) is 91.3 cm³/mol. The third-order valence-electron chi connectivity index (χ3n) is 5.61. The molecule has 0 radical (unpaired) electrons. The molecule has 2 atom stereocenters. The maximum absolute atomic E-state index is 13.8. The summed E-state index contributed by atoms with van der Waals surface area (Å²) in [5, 5.41) is 14.2. The molecule has 1 aromatic rings. The number of carbonyl (C=O) groups excluding carboxylic acids is 1. The van der Waals surface area contributed by atoms with Crippen LogP contribution in [0.25, 0.3) is 0 Å². The summed E-state index contributed by atoms with van der Waals surface area (Å²) >= 11 is 0. The number of likely N-dealkylation sites (tertiary alicyclic amines) is 1. The van der Waals surface area contributed by atoms with Crippen molar-refractivity contribution in [3.8, 4) is 0 Å². The lowest BCUT2D eigenvalue weighted by Gasteiger charge is -2.36. The number of aliphatic hydroxyl groups is 1. The van der Waals surface area contributed by atoms with Crippen LogP contribution >= 0.6 is 0 Å². The number of amides is 1. The second-order valence-corrected chi connectivity index (χ2v) is 7.48. The highest BCUT2D eigenvalue weighted by Gasteiger charge is 2.53. The van der Waals surface area contributed by atoms with Gasteiger partial charge in [-0.05, 0) is 45.0 Å². The Bertz CT molecular complexity index is 603. The molecule has 0 bridgehead atoms. The van der Waals surface area contributed by atoms with Gasteiger partial charge in [0.25, 0.3) is 5.91 Å². The number of hydrogen-bond donors (Lipinski definition) is 2. The molecule has 1 aromatic carbocycles. The molecule has 1 aliphatic carbocycles. The molecule has 2 fully saturated rings. The van der Waals surface area contributed by atoms with Gasteiger partial charge < -0.3 is 15.3 Å². The van der Waals surface area contributed by atoms with Gasteiger partial charge in [-0.25, -0.2) is 8.78 Å². The average molecular weight is 352 g/mol. The normalized spacial score (nSPS) is 27.0. The van der Waals surface area contributed by atoms with Gasteiger partial charge in [-0.15, -0.1) is 0 Å². The molecule has 1 saturated carbocycles. The maximum atomic E-state index is 13.8. The van der Waals surface area contributed by atoms with Gasteiger partial charge in [-0.1, -0.05) is 30.3 Å². The first-order chi connectivity index (χ1) is 11.8. The highest BCUT2D eigenvalue weighted by Crippen LogP contribution is 2.47. The summed E-state index contributed by atoms with van der Waals surface area (Å²) in [6.07, 6.45) is 0.995. The van der Waals surface area contributed by atoms with E-state index in [9.17, 15) is 18.7 Å². The Labute approximate surface area is 147 Å². The summed E-state index contributed by atoms with van der Waals surface area (Å²) in [7, 11) is 2.03. The number of carbonyl (C=O) groups is 1. The van der Waals surface area contributed by atoms with Crippen LogP contribution in [0.4, 0.5) is 8.78 Å². The quantitative estimate of drug-likeness (QED) is 0.876. The Kier molecular flexibility index (Phi) is 5.11. The van der Waals surface area contributed by atoms with Crippen molar-refractivity contribution in [3.63, 3.8) is 0 Å². The second kappa shape index (κ2) is 7.00. The Morgan fingerprint density at radius 3 is 2.44 bits per heavy atom. The summed E-state index contributed by atoms with van der Waals surface area (Å²) in [6.45, 7) is 1.74. The lowest BCUT2D eigenvalue weighted by Crippen LogP contribution is -2.54. The third-order valence-corrected chi connectivity index (χ3v) is 5.61. The van der Waals surface area contributed by atoms with Crippen molar-refractivity contribution in [1.29, 1.82) is 0 Å². The molecular formula is C19H26F2N2O2. The van der Waals surface area contributed by atoms with E-state index < -0.39 is 29.8 Å². The number of piperidine rings is 1. The molecule has 3 rings (SSSR count). The molecule has 1 saturated heterocycles. The van der Waals surface area contributed by atoms with E-state index in [4.69, 9.17) is 0 Å². The lowest BCUT2D eigenvalue weighted by atomic mass is 9.79. The van der Waals surface area contributed by atoms with Crippen molar-refractivity contribution in [1.82, 2.24) is 10.2 Å². The van der Waals surface area contributed by atoms with Crippen LogP contribution in [-0.4, -0.2) is 48.0 Å². The van der Waals surface area contributed by atoms with Crippen LogP contribution < -0.4 is 5.32 Å². The van der Waals surface area contributed by atoms with Crippen LogP contribution in [-0.2, 0) is 10.4 Å². The van der Waals surface area contributed by atoms with E-state index in [1.807, 2.05) is 7.05 Å². The zero-order valence-electron chi connectivity index (χ0n) is 14.5. The summed E-state index contributed by atoms with van der Waals surface area (Å²) in [5.41, 5.74) is -1.52. The maximum Gasteiger partial charge on any atom is 0.257 e. The molecule has 0 spiro atoms. The first-order valence-corrected chi connectivity index (χ1v) is 8.96. The minimum atomic E-state index is -2.82. The van der Waals surface area contributed by atoms with Gasteiger partial charge in [0.05, 0.1) is 0 Å². The minimum Gasteiger partial charge on any atom is -0.375 e. The molecule has 4 nitrogen and oxygen atoms in total. The average Bonchev–Trinajstić information content (AvgIpc) is 2.97. The predicted octanol–water partition coefficient (Wildman–Crippen LogP) is 2.52. The molecule has 1 amide bonds. The second-order valence-electron chi connectivity index (χ2n) is 7.48. The van der Waals surface area contributed by atoms with Crippen LogP contribution in [0.2, 0.25) is 0 Å². The summed E-state index contributed by atoms with van der Waals surface area (Å²) in [4.78, 5) is 15.2. The fraction of sp³-hybridized carbons (Fsp3) is 0.632. The molecular weight excluding hydrogens is 326 g/mol. The van der Waals surface area contributed by atoms with Crippen molar-refractivity contribution in [2.75, 3.05) is 20.1 Å². The van der Waals surface area contributed by atoms with Gasteiger partial charge in [0.15, 0.2) is 5.60 Å². The topological polar surface area (TPSA) is 52.6 Å². The fourth-order valence-corrected chi connectivity index (χ4v) is 4.00. The van der Waals surface area contributed by atoms with Gasteiger partial charge in [-0.3, -0.25) is 4.79 Å². The van der Waals surface area contributed by atoms with Gasteiger partial charge in [0, 0.05) is 24.8 Å². The number of nitrogens with one attached hydrogen (secondary N) is 1. The molecule has 25 heavy (non-hydrogen) atoms. The lowest BCUT2D eigenvalue weighted by molar-refractivity contribution is -0.149. The van der Waals surface area contributed by atoms with E-state index in [0.717, 1.165) is 25.9 Å². The SMILES string of the molecule is CN1CCC(NC(=O)C(O)(c2ccccc2)C2CCC(F)(F)C2)CC1. The van der Waals surface area contributed by atoms with Gasteiger partial charge >= 0.3 is 0 Å². The van der Waals surface area contributed by atoms with Gasteiger partial charge in [-0.2, -0.15) is 0 Å². The Hall–Kier alpha value is -1.53. The van der Waals surface area contributed by atoms with Crippen molar-refractivity contribution < 1.29 is 18.7 Å². The molecule has 2 aliphatic rings. The van der Waals surface area contributed by atoms with Crippen molar-refractivity contribution in [2.45, 2.75) is 49.7 Å². The highest BCUT2D eigenvalue weighted by molar-refractivity contribution is 5.87. The molecule has 2 N–H and O–H groups in total. The van der Waals surface area contributed by atoms with E-state index in [0.29, 0.717) is 5.56 Å². The number of nitrogens with zero attached hydrogens (tertiary/aromatic N) is 1. The van der Waals surface area contributed by atoms with Crippen LogP contribution in [0, 0.1) is 5.92 Å². The van der Waals surface area contributed by atoms with E-state index in [1.165, 1.54) is 0 Å². The molecule has 2 unspecified atom stereocenters. The monoisotopic (exact) mass is 352 g/mol. The number of rotatable bonds is 4. The number of hydrogen-bond acceptors (Lipinski definition) is 3. The smallest absolute Gasteiger partial charge is 0.257 e. The van der Waals surface area contributed by atoms with Crippen molar-refractivity contribution >= 4 is 5.91 Å². The zero-order valence-corrected chi connectivity index (χ0v) is 14.5. The minimum absolute atomic E-state index is 0.0270. The molecule has 1 aliphatic heterocycles. The number of halogens is 2. The van der Waals surface area contributed by atoms with E-state index in [-0.39, 0.29) is 18.9 Å². The molecule has 1 heterocycles. The standard InChI is InChI=1S/C19H26F2N2O2/c1-23-11-8-16(9-12-23)22-17(24)19(25,14-5-3-2-4-6-14)15-7-10-18(20,21)13-15/h2-6,15-16,25H,7-13H2,1H3,(H,22,24). The van der Waals surface area contributed by atoms with Crippen LogP contribution in [0.3, 0.4) is 0 Å². The molecule has 0 aromatic heterocycles. The third kappa shape index (κ3) is 3.85. The first-order valence-electron chi connectivity index (χ1n) is 8.96. The molecule has 6 heteroatoms. The van der Waals surface area contributed by atoms with Crippen molar-refractivity contribution in [2.24, 2.45) is 5.92 Å². The van der Waals surface area contributed by atoms with Crippen LogP contribution in [0.15, 0.2) is 30.3 Å².